The molecule has 0 saturated carbocycles. The van der Waals surface area contributed by atoms with E-state index in [9.17, 15) is 4.79 Å². The maximum absolute atomic E-state index is 12.3. The van der Waals surface area contributed by atoms with E-state index in [2.05, 4.69) is 15.3 Å². The van der Waals surface area contributed by atoms with E-state index in [1.807, 2.05) is 37.3 Å². The van der Waals surface area contributed by atoms with Gasteiger partial charge in [0, 0.05) is 29.4 Å². The number of nitrogens with one attached hydrogen (secondary N) is 1. The number of amides is 1. The van der Waals surface area contributed by atoms with E-state index >= 15 is 0 Å². The van der Waals surface area contributed by atoms with Crippen LogP contribution in [0, 0.1) is 6.92 Å². The lowest BCUT2D eigenvalue weighted by molar-refractivity contribution is -0.120. The van der Waals surface area contributed by atoms with Gasteiger partial charge < -0.3 is 14.8 Å². The zero-order chi connectivity index (χ0) is 19.9. The zero-order valence-electron chi connectivity index (χ0n) is 16.2. The Morgan fingerprint density at radius 3 is 2.71 bits per heavy atom. The van der Waals surface area contributed by atoms with E-state index in [0.29, 0.717) is 30.9 Å². The first-order valence-corrected chi connectivity index (χ1v) is 9.76. The number of carbonyl (C=O) groups excluding carboxylic acids is 1. The van der Waals surface area contributed by atoms with Gasteiger partial charge in [0.15, 0.2) is 11.5 Å². The summed E-state index contributed by atoms with van der Waals surface area (Å²) in [6.45, 7) is 2.49. The average Bonchev–Trinajstić information content (AvgIpc) is 3.08. The van der Waals surface area contributed by atoms with Crippen molar-refractivity contribution in [3.05, 3.63) is 58.9 Å². The van der Waals surface area contributed by atoms with Crippen molar-refractivity contribution in [2.24, 2.45) is 0 Å². The Morgan fingerprint density at radius 2 is 2.00 bits per heavy atom. The van der Waals surface area contributed by atoms with Gasteiger partial charge in [0.1, 0.15) is 5.01 Å². The lowest BCUT2D eigenvalue weighted by Crippen LogP contribution is -2.27. The van der Waals surface area contributed by atoms with Crippen LogP contribution in [0.1, 0.15) is 16.1 Å². The fourth-order valence-electron chi connectivity index (χ4n) is 2.80. The highest BCUT2D eigenvalue weighted by Crippen LogP contribution is 2.28. The lowest BCUT2D eigenvalue weighted by Gasteiger charge is -2.10. The van der Waals surface area contributed by atoms with Gasteiger partial charge in [-0.1, -0.05) is 6.07 Å². The van der Waals surface area contributed by atoms with Crippen molar-refractivity contribution in [3.8, 4) is 22.1 Å². The first-order valence-electron chi connectivity index (χ1n) is 8.95. The third kappa shape index (κ3) is 4.86. The van der Waals surface area contributed by atoms with Gasteiger partial charge in [0.05, 0.1) is 26.3 Å². The van der Waals surface area contributed by atoms with Gasteiger partial charge in [-0.3, -0.25) is 9.78 Å². The van der Waals surface area contributed by atoms with Crippen LogP contribution < -0.4 is 14.8 Å². The third-order valence-electron chi connectivity index (χ3n) is 4.31. The molecule has 0 fully saturated rings. The summed E-state index contributed by atoms with van der Waals surface area (Å²) in [4.78, 5) is 22.0. The highest BCUT2D eigenvalue weighted by atomic mass is 32.1. The monoisotopic (exact) mass is 397 g/mol. The fourth-order valence-corrected chi connectivity index (χ4v) is 3.85. The quantitative estimate of drug-likeness (QED) is 0.630. The Kier molecular flexibility index (Phi) is 6.60. The molecule has 0 aliphatic heterocycles. The van der Waals surface area contributed by atoms with Crippen molar-refractivity contribution in [2.75, 3.05) is 20.8 Å². The van der Waals surface area contributed by atoms with Crippen LogP contribution in [0.5, 0.6) is 11.5 Å². The van der Waals surface area contributed by atoms with Crippen LogP contribution in [0.25, 0.3) is 10.6 Å². The molecule has 6 nitrogen and oxygen atoms in total. The SMILES string of the molecule is COc1ccc(CCNC(=O)Cc2sc(-c3cccnc3)nc2C)cc1OC. The molecule has 0 aliphatic rings. The van der Waals surface area contributed by atoms with Crippen LogP contribution in [0.3, 0.4) is 0 Å². The minimum Gasteiger partial charge on any atom is -0.493 e. The van der Waals surface area contributed by atoms with Crippen molar-refractivity contribution < 1.29 is 14.3 Å². The summed E-state index contributed by atoms with van der Waals surface area (Å²) < 4.78 is 10.6. The smallest absolute Gasteiger partial charge is 0.225 e. The Balaban J connectivity index is 1.54. The molecule has 0 bridgehead atoms. The molecule has 1 N–H and O–H groups in total. The summed E-state index contributed by atoms with van der Waals surface area (Å²) >= 11 is 1.54. The van der Waals surface area contributed by atoms with Gasteiger partial charge in [-0.25, -0.2) is 4.98 Å². The summed E-state index contributed by atoms with van der Waals surface area (Å²) in [5, 5.41) is 3.87. The first-order chi connectivity index (χ1) is 13.6. The van der Waals surface area contributed by atoms with Gasteiger partial charge in [-0.2, -0.15) is 0 Å². The number of aryl methyl sites for hydroxylation is 1. The molecular formula is C21H23N3O3S. The molecule has 2 heterocycles. The number of carbonyl (C=O) groups is 1. The molecule has 1 amide bonds. The van der Waals surface area contributed by atoms with E-state index in [4.69, 9.17) is 9.47 Å². The summed E-state index contributed by atoms with van der Waals surface area (Å²) in [7, 11) is 3.22. The van der Waals surface area contributed by atoms with Crippen molar-refractivity contribution in [1.29, 1.82) is 0 Å². The van der Waals surface area contributed by atoms with Crippen LogP contribution in [0.4, 0.5) is 0 Å². The van der Waals surface area contributed by atoms with E-state index in [-0.39, 0.29) is 5.91 Å². The second-order valence-electron chi connectivity index (χ2n) is 6.24. The Hall–Kier alpha value is -2.93. The van der Waals surface area contributed by atoms with Crippen molar-refractivity contribution in [2.45, 2.75) is 19.8 Å². The molecule has 2 aromatic heterocycles. The molecule has 0 radical (unpaired) electrons. The number of nitrogens with zero attached hydrogens (tertiary/aromatic N) is 2. The highest BCUT2D eigenvalue weighted by molar-refractivity contribution is 7.15. The molecular weight excluding hydrogens is 374 g/mol. The van der Waals surface area contributed by atoms with Crippen LogP contribution in [0.15, 0.2) is 42.7 Å². The summed E-state index contributed by atoms with van der Waals surface area (Å²) in [5.74, 6) is 1.37. The number of benzene rings is 1. The maximum atomic E-state index is 12.3. The lowest BCUT2D eigenvalue weighted by atomic mass is 10.1. The van der Waals surface area contributed by atoms with Crippen molar-refractivity contribution in [1.82, 2.24) is 15.3 Å². The maximum Gasteiger partial charge on any atom is 0.225 e. The number of thiazole rings is 1. The fraction of sp³-hybridized carbons (Fsp3) is 0.286. The number of methoxy groups -OCH3 is 2. The molecule has 0 unspecified atom stereocenters. The van der Waals surface area contributed by atoms with Crippen LogP contribution in [0.2, 0.25) is 0 Å². The second kappa shape index (κ2) is 9.32. The molecule has 0 atom stereocenters. The number of hydrogen-bond acceptors (Lipinski definition) is 6. The number of pyridine rings is 1. The number of rotatable bonds is 8. The largest absolute Gasteiger partial charge is 0.493 e. The van der Waals surface area contributed by atoms with Crippen molar-refractivity contribution in [3.63, 3.8) is 0 Å². The van der Waals surface area contributed by atoms with Crippen molar-refractivity contribution >= 4 is 17.2 Å². The van der Waals surface area contributed by atoms with Gasteiger partial charge in [0.2, 0.25) is 5.91 Å². The second-order valence-corrected chi connectivity index (χ2v) is 7.32. The van der Waals surface area contributed by atoms with Crippen LogP contribution in [-0.4, -0.2) is 36.6 Å². The minimum absolute atomic E-state index is 0.00929. The number of aromatic nitrogens is 2. The van der Waals surface area contributed by atoms with E-state index in [0.717, 1.165) is 26.7 Å². The molecule has 0 aliphatic carbocycles. The molecule has 28 heavy (non-hydrogen) atoms. The van der Waals surface area contributed by atoms with Crippen LogP contribution >= 0.6 is 11.3 Å². The summed E-state index contributed by atoms with van der Waals surface area (Å²) in [6, 6.07) is 9.63. The summed E-state index contributed by atoms with van der Waals surface area (Å²) in [6.07, 6.45) is 4.56. The standard InChI is InChI=1S/C21H23N3O3S/c1-14-19(28-21(24-14)16-5-4-9-22-13-16)12-20(25)23-10-8-15-6-7-17(26-2)18(11-15)27-3/h4-7,9,11,13H,8,10,12H2,1-3H3,(H,23,25). The number of ether oxygens (including phenoxy) is 2. The Bertz CT molecular complexity index is 941. The highest BCUT2D eigenvalue weighted by Gasteiger charge is 2.13. The number of hydrogen-bond donors (Lipinski definition) is 1. The normalized spacial score (nSPS) is 10.5. The first kappa shape index (κ1) is 19.8. The molecule has 0 spiro atoms. The summed E-state index contributed by atoms with van der Waals surface area (Å²) in [5.41, 5.74) is 2.93. The molecule has 3 rings (SSSR count). The van der Waals surface area contributed by atoms with E-state index < -0.39 is 0 Å². The van der Waals surface area contributed by atoms with Gasteiger partial charge in [0.25, 0.3) is 0 Å². The van der Waals surface area contributed by atoms with Gasteiger partial charge >= 0.3 is 0 Å². The zero-order valence-corrected chi connectivity index (χ0v) is 17.0. The molecule has 0 saturated heterocycles. The minimum atomic E-state index is -0.00929. The average molecular weight is 398 g/mol. The molecule has 1 aromatic carbocycles. The molecule has 7 heteroatoms. The van der Waals surface area contributed by atoms with Crippen LogP contribution in [-0.2, 0) is 17.6 Å². The third-order valence-corrected chi connectivity index (χ3v) is 5.51. The molecule has 146 valence electrons. The Labute approximate surface area is 168 Å². The van der Waals surface area contributed by atoms with Gasteiger partial charge in [-0.15, -0.1) is 11.3 Å². The Morgan fingerprint density at radius 1 is 1.18 bits per heavy atom. The van der Waals surface area contributed by atoms with E-state index in [1.54, 1.807) is 26.6 Å². The van der Waals surface area contributed by atoms with E-state index in [1.165, 1.54) is 11.3 Å². The molecule has 3 aromatic rings. The topological polar surface area (TPSA) is 73.3 Å². The predicted molar refractivity (Wildman–Crippen MR) is 110 cm³/mol. The predicted octanol–water partition coefficient (Wildman–Crippen LogP) is 3.43. The van der Waals surface area contributed by atoms with Gasteiger partial charge in [-0.05, 0) is 43.2 Å².